The van der Waals surface area contributed by atoms with Crippen molar-refractivity contribution in [3.63, 3.8) is 0 Å². The molecule has 20 heavy (non-hydrogen) atoms. The van der Waals surface area contributed by atoms with Gasteiger partial charge in [-0.2, -0.15) is 0 Å². The second-order valence-corrected chi connectivity index (χ2v) is 4.52. The van der Waals surface area contributed by atoms with Gasteiger partial charge in [-0.1, -0.05) is 23.8 Å². The number of nitrogens with one attached hydrogen (secondary N) is 2. The van der Waals surface area contributed by atoms with E-state index in [0.717, 1.165) is 11.3 Å². The van der Waals surface area contributed by atoms with Gasteiger partial charge in [0.15, 0.2) is 0 Å². The van der Waals surface area contributed by atoms with Gasteiger partial charge in [0.25, 0.3) is 0 Å². The third-order valence-corrected chi connectivity index (χ3v) is 2.81. The average molecular weight is 273 g/mol. The lowest BCUT2D eigenvalue weighted by Gasteiger charge is -2.10. The standard InChI is InChI=1S/C15H16FN3O/c1-10-5-6-14(16)11(7-10)9-18-12-3-2-4-13(8-12)19-15(17)20/h2-8,18H,9H2,1H3,(H3,17,19,20). The Hall–Kier alpha value is -2.56. The summed E-state index contributed by atoms with van der Waals surface area (Å²) < 4.78 is 13.6. The Bertz CT molecular complexity index is 628. The number of primary amides is 1. The zero-order chi connectivity index (χ0) is 14.5. The van der Waals surface area contributed by atoms with Crippen molar-refractivity contribution in [2.75, 3.05) is 10.6 Å². The van der Waals surface area contributed by atoms with Crippen LogP contribution in [0.1, 0.15) is 11.1 Å². The van der Waals surface area contributed by atoms with Crippen molar-refractivity contribution in [3.05, 3.63) is 59.4 Å². The zero-order valence-corrected chi connectivity index (χ0v) is 11.1. The number of amides is 2. The Morgan fingerprint density at radius 2 is 1.95 bits per heavy atom. The van der Waals surface area contributed by atoms with Gasteiger partial charge >= 0.3 is 6.03 Å². The van der Waals surface area contributed by atoms with Crippen LogP contribution in [0.25, 0.3) is 0 Å². The van der Waals surface area contributed by atoms with Crippen molar-refractivity contribution in [1.29, 1.82) is 0 Å². The summed E-state index contributed by atoms with van der Waals surface area (Å²) in [7, 11) is 0. The van der Waals surface area contributed by atoms with Gasteiger partial charge in [-0.25, -0.2) is 9.18 Å². The van der Waals surface area contributed by atoms with Crippen molar-refractivity contribution < 1.29 is 9.18 Å². The van der Waals surface area contributed by atoms with E-state index in [0.29, 0.717) is 17.8 Å². The first-order valence-electron chi connectivity index (χ1n) is 6.20. The van der Waals surface area contributed by atoms with Crippen molar-refractivity contribution in [2.45, 2.75) is 13.5 Å². The maximum atomic E-state index is 13.6. The minimum absolute atomic E-state index is 0.241. The molecule has 0 spiro atoms. The highest BCUT2D eigenvalue weighted by molar-refractivity contribution is 5.88. The van der Waals surface area contributed by atoms with Gasteiger partial charge in [0, 0.05) is 23.5 Å². The molecule has 4 nitrogen and oxygen atoms in total. The number of halogens is 1. The summed E-state index contributed by atoms with van der Waals surface area (Å²) in [5.41, 5.74) is 8.02. The number of urea groups is 1. The van der Waals surface area contributed by atoms with Gasteiger partial charge in [-0.3, -0.25) is 0 Å². The SMILES string of the molecule is Cc1ccc(F)c(CNc2cccc(NC(N)=O)c2)c1. The zero-order valence-electron chi connectivity index (χ0n) is 11.1. The number of rotatable bonds is 4. The number of benzene rings is 2. The molecule has 0 aromatic heterocycles. The highest BCUT2D eigenvalue weighted by Crippen LogP contribution is 2.17. The van der Waals surface area contributed by atoms with Crippen LogP contribution in [0, 0.1) is 12.7 Å². The molecule has 0 saturated heterocycles. The van der Waals surface area contributed by atoms with Crippen LogP contribution >= 0.6 is 0 Å². The number of carbonyl (C=O) groups is 1. The molecule has 0 heterocycles. The summed E-state index contributed by atoms with van der Waals surface area (Å²) in [6.45, 7) is 2.29. The molecule has 2 aromatic rings. The number of anilines is 2. The predicted molar refractivity (Wildman–Crippen MR) is 78.1 cm³/mol. The molecule has 2 amide bonds. The molecule has 5 heteroatoms. The van der Waals surface area contributed by atoms with Gasteiger partial charge in [0.05, 0.1) is 0 Å². The van der Waals surface area contributed by atoms with E-state index in [1.807, 2.05) is 13.0 Å². The predicted octanol–water partition coefficient (Wildman–Crippen LogP) is 3.24. The molecule has 0 bridgehead atoms. The molecular weight excluding hydrogens is 257 g/mol. The van der Waals surface area contributed by atoms with Gasteiger partial charge in [-0.05, 0) is 31.2 Å². The Labute approximate surface area is 116 Å². The van der Waals surface area contributed by atoms with Crippen molar-refractivity contribution >= 4 is 17.4 Å². The third-order valence-electron chi connectivity index (χ3n) is 2.81. The minimum Gasteiger partial charge on any atom is -0.381 e. The Morgan fingerprint density at radius 1 is 1.20 bits per heavy atom. The monoisotopic (exact) mass is 273 g/mol. The van der Waals surface area contributed by atoms with Crippen molar-refractivity contribution in [2.24, 2.45) is 5.73 Å². The summed E-state index contributed by atoms with van der Waals surface area (Å²) in [5.74, 6) is -0.241. The van der Waals surface area contributed by atoms with Crippen LogP contribution in [0.5, 0.6) is 0 Å². The first-order chi connectivity index (χ1) is 9.54. The summed E-state index contributed by atoms with van der Waals surface area (Å²) >= 11 is 0. The van der Waals surface area contributed by atoms with Crippen molar-refractivity contribution in [1.82, 2.24) is 0 Å². The van der Waals surface area contributed by atoms with E-state index in [2.05, 4.69) is 10.6 Å². The molecule has 0 radical (unpaired) electrons. The lowest BCUT2D eigenvalue weighted by molar-refractivity contribution is 0.259. The number of hydrogen-bond donors (Lipinski definition) is 3. The number of nitrogens with two attached hydrogens (primary N) is 1. The van der Waals surface area contributed by atoms with E-state index in [1.165, 1.54) is 6.07 Å². The molecule has 0 saturated carbocycles. The summed E-state index contributed by atoms with van der Waals surface area (Å²) in [6.07, 6.45) is 0. The average Bonchev–Trinajstić information content (AvgIpc) is 2.39. The van der Waals surface area contributed by atoms with Crippen LogP contribution < -0.4 is 16.4 Å². The van der Waals surface area contributed by atoms with Gasteiger partial charge < -0.3 is 16.4 Å². The fourth-order valence-corrected chi connectivity index (χ4v) is 1.89. The number of carbonyl (C=O) groups excluding carboxylic acids is 1. The normalized spacial score (nSPS) is 10.1. The molecule has 0 aliphatic carbocycles. The molecule has 0 aliphatic rings. The topological polar surface area (TPSA) is 67.2 Å². The summed E-state index contributed by atoms with van der Waals surface area (Å²) in [4.78, 5) is 10.8. The molecule has 4 N–H and O–H groups in total. The lowest BCUT2D eigenvalue weighted by Crippen LogP contribution is -2.19. The molecule has 2 aromatic carbocycles. The molecule has 0 fully saturated rings. The van der Waals surface area contributed by atoms with E-state index in [9.17, 15) is 9.18 Å². The van der Waals surface area contributed by atoms with E-state index in [1.54, 1.807) is 30.3 Å². The lowest BCUT2D eigenvalue weighted by atomic mass is 10.1. The highest BCUT2D eigenvalue weighted by atomic mass is 19.1. The van der Waals surface area contributed by atoms with Gasteiger partial charge in [0.1, 0.15) is 5.82 Å². The molecule has 0 atom stereocenters. The Kier molecular flexibility index (Phi) is 4.20. The van der Waals surface area contributed by atoms with Gasteiger partial charge in [0.2, 0.25) is 0 Å². The first kappa shape index (κ1) is 13.9. The van der Waals surface area contributed by atoms with Crippen LogP contribution in [0.3, 0.4) is 0 Å². The van der Waals surface area contributed by atoms with Crippen LogP contribution in [-0.2, 0) is 6.54 Å². The quantitative estimate of drug-likeness (QED) is 0.800. The smallest absolute Gasteiger partial charge is 0.316 e. The summed E-state index contributed by atoms with van der Waals surface area (Å²) in [6, 6.07) is 11.4. The van der Waals surface area contributed by atoms with E-state index >= 15 is 0 Å². The fourth-order valence-electron chi connectivity index (χ4n) is 1.89. The van der Waals surface area contributed by atoms with Crippen molar-refractivity contribution in [3.8, 4) is 0 Å². The number of hydrogen-bond acceptors (Lipinski definition) is 2. The third kappa shape index (κ3) is 3.71. The molecular formula is C15H16FN3O. The first-order valence-corrected chi connectivity index (χ1v) is 6.20. The van der Waals surface area contributed by atoms with E-state index < -0.39 is 6.03 Å². The van der Waals surface area contributed by atoms with E-state index in [-0.39, 0.29) is 5.82 Å². The molecule has 0 unspecified atom stereocenters. The highest BCUT2D eigenvalue weighted by Gasteiger charge is 2.03. The van der Waals surface area contributed by atoms with Crippen LogP contribution in [0.4, 0.5) is 20.6 Å². The molecule has 104 valence electrons. The number of aryl methyl sites for hydroxylation is 1. The Morgan fingerprint density at radius 3 is 2.70 bits per heavy atom. The maximum absolute atomic E-state index is 13.6. The molecule has 2 rings (SSSR count). The second-order valence-electron chi connectivity index (χ2n) is 4.52. The fraction of sp³-hybridized carbons (Fsp3) is 0.133. The van der Waals surface area contributed by atoms with Crippen LogP contribution in [0.15, 0.2) is 42.5 Å². The molecule has 0 aliphatic heterocycles. The van der Waals surface area contributed by atoms with Gasteiger partial charge in [-0.15, -0.1) is 0 Å². The van der Waals surface area contributed by atoms with Crippen LogP contribution in [-0.4, -0.2) is 6.03 Å². The second kappa shape index (κ2) is 6.06. The largest absolute Gasteiger partial charge is 0.381 e. The van der Waals surface area contributed by atoms with E-state index in [4.69, 9.17) is 5.73 Å². The Balaban J connectivity index is 2.07. The van der Waals surface area contributed by atoms with Crippen LogP contribution in [0.2, 0.25) is 0 Å². The minimum atomic E-state index is -0.619. The summed E-state index contributed by atoms with van der Waals surface area (Å²) in [5, 5.41) is 5.60. The maximum Gasteiger partial charge on any atom is 0.316 e.